The van der Waals surface area contributed by atoms with Crippen molar-refractivity contribution < 1.29 is 13.9 Å². The van der Waals surface area contributed by atoms with Crippen molar-refractivity contribution in [1.29, 1.82) is 0 Å². The normalized spacial score (nSPS) is 10.9. The molecule has 146 valence electrons. The number of hydrogen-bond donors (Lipinski definition) is 0. The molecule has 0 aliphatic carbocycles. The Hall–Kier alpha value is -3.15. The Morgan fingerprint density at radius 3 is 2.46 bits per heavy atom. The molecule has 0 spiro atoms. The Labute approximate surface area is 164 Å². The molecule has 1 aromatic heterocycles. The Balaban J connectivity index is 1.74. The van der Waals surface area contributed by atoms with Crippen LogP contribution >= 0.6 is 0 Å². The highest BCUT2D eigenvalue weighted by molar-refractivity contribution is 5.95. The van der Waals surface area contributed by atoms with Crippen LogP contribution in [0, 0.1) is 5.82 Å². The second-order valence-electron chi connectivity index (χ2n) is 6.87. The van der Waals surface area contributed by atoms with Gasteiger partial charge in [0.2, 0.25) is 0 Å². The number of aromatic nitrogens is 2. The number of likely N-dealkylation sites (N-methyl/N-ethyl adjacent to an activating group) is 1. The summed E-state index contributed by atoms with van der Waals surface area (Å²) in [5, 5.41) is 4.38. The quantitative estimate of drug-likeness (QED) is 0.614. The number of nitrogens with zero attached hydrogens (tertiary/aromatic N) is 3. The van der Waals surface area contributed by atoms with E-state index in [9.17, 15) is 9.18 Å². The first-order valence-electron chi connectivity index (χ1n) is 9.24. The average Bonchev–Trinajstić information content (AvgIpc) is 3.14. The molecule has 0 aliphatic rings. The molecule has 3 rings (SSSR count). The van der Waals surface area contributed by atoms with Crippen molar-refractivity contribution in [1.82, 2.24) is 14.7 Å². The molecule has 28 heavy (non-hydrogen) atoms. The van der Waals surface area contributed by atoms with Crippen LogP contribution in [-0.4, -0.2) is 40.8 Å². The summed E-state index contributed by atoms with van der Waals surface area (Å²) in [6.45, 7) is 4.86. The molecular formula is C22H24FN3O2. The maximum absolute atomic E-state index is 13.2. The van der Waals surface area contributed by atoms with E-state index in [-0.39, 0.29) is 17.6 Å². The van der Waals surface area contributed by atoms with Crippen LogP contribution in [0.15, 0.2) is 60.8 Å². The minimum Gasteiger partial charge on any atom is -0.492 e. The monoisotopic (exact) mass is 381 g/mol. The van der Waals surface area contributed by atoms with Gasteiger partial charge in [-0.05, 0) is 42.3 Å². The lowest BCUT2D eigenvalue weighted by Gasteiger charge is -2.19. The zero-order chi connectivity index (χ0) is 20.1. The van der Waals surface area contributed by atoms with Crippen molar-refractivity contribution in [2.45, 2.75) is 19.8 Å². The Kier molecular flexibility index (Phi) is 6.09. The Morgan fingerprint density at radius 2 is 1.82 bits per heavy atom. The van der Waals surface area contributed by atoms with Gasteiger partial charge in [-0.3, -0.25) is 4.79 Å². The van der Waals surface area contributed by atoms with Crippen LogP contribution in [0.25, 0.3) is 5.69 Å². The summed E-state index contributed by atoms with van der Waals surface area (Å²) < 4.78 is 20.6. The first-order valence-corrected chi connectivity index (χ1v) is 9.24. The second-order valence-corrected chi connectivity index (χ2v) is 6.87. The van der Waals surface area contributed by atoms with Crippen LogP contribution in [0.1, 0.15) is 35.8 Å². The summed E-state index contributed by atoms with van der Waals surface area (Å²) in [5.41, 5.74) is 2.06. The van der Waals surface area contributed by atoms with Gasteiger partial charge in [-0.25, -0.2) is 9.07 Å². The molecule has 0 N–H and O–H groups in total. The molecule has 0 fully saturated rings. The summed E-state index contributed by atoms with van der Waals surface area (Å²) in [4.78, 5) is 14.6. The summed E-state index contributed by atoms with van der Waals surface area (Å²) in [6, 6.07) is 15.6. The smallest absolute Gasteiger partial charge is 0.257 e. The van der Waals surface area contributed by atoms with Crippen LogP contribution in [-0.2, 0) is 0 Å². The van der Waals surface area contributed by atoms with Crippen molar-refractivity contribution in [3.8, 4) is 11.4 Å². The van der Waals surface area contributed by atoms with Crippen LogP contribution < -0.4 is 4.74 Å². The molecule has 0 saturated heterocycles. The third kappa shape index (κ3) is 4.39. The van der Waals surface area contributed by atoms with Gasteiger partial charge in [-0.1, -0.05) is 32.0 Å². The predicted molar refractivity (Wildman–Crippen MR) is 107 cm³/mol. The van der Waals surface area contributed by atoms with Crippen molar-refractivity contribution in [3.63, 3.8) is 0 Å². The van der Waals surface area contributed by atoms with Crippen LogP contribution in [0.5, 0.6) is 5.75 Å². The fourth-order valence-corrected chi connectivity index (χ4v) is 2.99. The number of carbonyl (C=O) groups is 1. The fraction of sp³-hybridized carbons (Fsp3) is 0.273. The minimum absolute atomic E-state index is 0.0699. The molecule has 1 amide bonds. The number of rotatable bonds is 7. The number of para-hydroxylation sites is 1. The predicted octanol–water partition coefficient (Wildman–Crippen LogP) is 4.29. The number of ether oxygens (including phenoxy) is 1. The van der Waals surface area contributed by atoms with Gasteiger partial charge in [0.1, 0.15) is 18.2 Å². The number of amides is 1. The summed E-state index contributed by atoms with van der Waals surface area (Å²) in [6.07, 6.45) is 1.58. The topological polar surface area (TPSA) is 47.4 Å². The zero-order valence-electron chi connectivity index (χ0n) is 16.3. The van der Waals surface area contributed by atoms with Crippen molar-refractivity contribution >= 4 is 5.91 Å². The minimum atomic E-state index is -0.309. The maximum atomic E-state index is 13.2. The lowest BCUT2D eigenvalue weighted by atomic mass is 10.0. The van der Waals surface area contributed by atoms with E-state index in [1.807, 2.05) is 44.2 Å². The standard InChI is InChI=1S/C22H24FN3O2/c1-16(2)21-20(15-24-26(21)18-11-9-17(23)10-12-18)22(27)25(3)13-14-28-19-7-5-4-6-8-19/h4-12,15-16H,13-14H2,1-3H3. The Morgan fingerprint density at radius 1 is 1.14 bits per heavy atom. The van der Waals surface area contributed by atoms with Gasteiger partial charge >= 0.3 is 0 Å². The lowest BCUT2D eigenvalue weighted by Crippen LogP contribution is -2.31. The molecular weight excluding hydrogens is 357 g/mol. The number of benzene rings is 2. The molecule has 0 aliphatic heterocycles. The van der Waals surface area contributed by atoms with Crippen LogP contribution in [0.3, 0.4) is 0 Å². The highest BCUT2D eigenvalue weighted by Gasteiger charge is 2.23. The van der Waals surface area contributed by atoms with Gasteiger partial charge in [0.05, 0.1) is 29.7 Å². The van der Waals surface area contributed by atoms with Gasteiger partial charge in [-0.15, -0.1) is 0 Å². The molecule has 1 heterocycles. The van der Waals surface area contributed by atoms with E-state index >= 15 is 0 Å². The van der Waals surface area contributed by atoms with E-state index < -0.39 is 0 Å². The Bertz CT molecular complexity index is 921. The first-order chi connectivity index (χ1) is 13.5. The van der Waals surface area contributed by atoms with Gasteiger partial charge in [0.25, 0.3) is 5.91 Å². The van der Waals surface area contributed by atoms with E-state index in [2.05, 4.69) is 5.10 Å². The largest absolute Gasteiger partial charge is 0.492 e. The van der Waals surface area contributed by atoms with Crippen LogP contribution in [0.4, 0.5) is 4.39 Å². The molecule has 3 aromatic rings. The molecule has 0 unspecified atom stereocenters. The van der Waals surface area contributed by atoms with E-state index in [1.54, 1.807) is 35.0 Å². The first kappa shape index (κ1) is 19.6. The molecule has 0 radical (unpaired) electrons. The van der Waals surface area contributed by atoms with E-state index in [0.717, 1.165) is 17.1 Å². The number of halogens is 1. The van der Waals surface area contributed by atoms with E-state index in [1.165, 1.54) is 12.1 Å². The summed E-state index contributed by atoms with van der Waals surface area (Å²) in [7, 11) is 1.75. The zero-order valence-corrected chi connectivity index (χ0v) is 16.3. The molecule has 0 saturated carbocycles. The lowest BCUT2D eigenvalue weighted by molar-refractivity contribution is 0.0772. The van der Waals surface area contributed by atoms with E-state index in [0.29, 0.717) is 18.7 Å². The van der Waals surface area contributed by atoms with Crippen molar-refractivity contribution in [3.05, 3.63) is 77.9 Å². The maximum Gasteiger partial charge on any atom is 0.257 e. The van der Waals surface area contributed by atoms with Crippen molar-refractivity contribution in [2.75, 3.05) is 20.2 Å². The third-order valence-corrected chi connectivity index (χ3v) is 4.44. The second kappa shape index (κ2) is 8.69. The molecule has 5 nitrogen and oxygen atoms in total. The number of carbonyl (C=O) groups excluding carboxylic acids is 1. The molecule has 0 bridgehead atoms. The fourth-order valence-electron chi connectivity index (χ4n) is 2.99. The van der Waals surface area contributed by atoms with Crippen molar-refractivity contribution in [2.24, 2.45) is 0 Å². The summed E-state index contributed by atoms with van der Waals surface area (Å²) in [5.74, 6) is 0.418. The summed E-state index contributed by atoms with van der Waals surface area (Å²) >= 11 is 0. The number of hydrogen-bond acceptors (Lipinski definition) is 3. The highest BCUT2D eigenvalue weighted by atomic mass is 19.1. The molecule has 2 aromatic carbocycles. The van der Waals surface area contributed by atoms with E-state index in [4.69, 9.17) is 4.74 Å². The third-order valence-electron chi connectivity index (χ3n) is 4.44. The molecule has 0 atom stereocenters. The SMILES string of the molecule is CC(C)c1c(C(=O)N(C)CCOc2ccccc2)cnn1-c1ccc(F)cc1. The highest BCUT2D eigenvalue weighted by Crippen LogP contribution is 2.24. The van der Waals surface area contributed by atoms with Gasteiger partial charge < -0.3 is 9.64 Å². The average molecular weight is 381 g/mol. The van der Waals surface area contributed by atoms with Gasteiger partial charge in [-0.2, -0.15) is 5.10 Å². The van der Waals surface area contributed by atoms with Gasteiger partial charge in [0, 0.05) is 7.05 Å². The van der Waals surface area contributed by atoms with Crippen LogP contribution in [0.2, 0.25) is 0 Å². The van der Waals surface area contributed by atoms with Gasteiger partial charge in [0.15, 0.2) is 0 Å². The molecule has 6 heteroatoms.